The van der Waals surface area contributed by atoms with Crippen LogP contribution in [-0.2, 0) is 11.3 Å². The number of benzene rings is 1. The molecule has 0 radical (unpaired) electrons. The molecule has 8 heteroatoms. The van der Waals surface area contributed by atoms with Crippen LogP contribution in [0.1, 0.15) is 25.3 Å². The fourth-order valence-corrected chi connectivity index (χ4v) is 1.84. The fourth-order valence-electron chi connectivity index (χ4n) is 1.66. The quantitative estimate of drug-likeness (QED) is 0.876. The monoisotopic (exact) mass is 296 g/mol. The smallest absolute Gasteiger partial charge is 0.305 e. The Bertz CT molecular complexity index is 602. The molecule has 20 heavy (non-hydrogen) atoms. The van der Waals surface area contributed by atoms with Crippen LogP contribution in [0, 0.1) is 0 Å². The number of carboxylic acid groups (broad SMARTS) is 1. The van der Waals surface area contributed by atoms with Gasteiger partial charge in [-0.2, -0.15) is 0 Å². The van der Waals surface area contributed by atoms with Crippen LogP contribution >= 0.6 is 11.6 Å². The number of aryl methyl sites for hydroxylation is 1. The average Bonchev–Trinajstić information content (AvgIpc) is 2.84. The minimum Gasteiger partial charge on any atom is -0.483 e. The lowest BCUT2D eigenvalue weighted by Crippen LogP contribution is -2.14. The standard InChI is InChI=1S/C12H13ClN4O3/c1-8(20-10-4-2-3-9(13)7-10)12-14-15-16-17(12)6-5-11(18)19/h2-4,7-8H,5-6H2,1H3,(H,18,19). The lowest BCUT2D eigenvalue weighted by Gasteiger charge is -2.14. The summed E-state index contributed by atoms with van der Waals surface area (Å²) in [5, 5.41) is 20.4. The van der Waals surface area contributed by atoms with E-state index in [0.29, 0.717) is 16.6 Å². The Kier molecular flexibility index (Phi) is 4.52. The molecule has 0 fully saturated rings. The SMILES string of the molecule is CC(Oc1cccc(Cl)c1)c1nnnn1CCC(=O)O. The van der Waals surface area contributed by atoms with Crippen LogP contribution in [0.4, 0.5) is 0 Å². The molecule has 1 heterocycles. The first-order chi connectivity index (χ1) is 9.56. The van der Waals surface area contributed by atoms with E-state index >= 15 is 0 Å². The number of aliphatic carboxylic acids is 1. The Labute approximate surface area is 120 Å². The van der Waals surface area contributed by atoms with E-state index in [4.69, 9.17) is 21.4 Å². The van der Waals surface area contributed by atoms with Crippen molar-refractivity contribution in [2.45, 2.75) is 26.0 Å². The third kappa shape index (κ3) is 3.67. The number of hydrogen-bond donors (Lipinski definition) is 1. The van der Waals surface area contributed by atoms with Crippen LogP contribution in [0.15, 0.2) is 24.3 Å². The zero-order valence-corrected chi connectivity index (χ0v) is 11.5. The predicted molar refractivity (Wildman–Crippen MR) is 70.6 cm³/mol. The van der Waals surface area contributed by atoms with Gasteiger partial charge in [-0.05, 0) is 35.5 Å². The molecule has 1 N–H and O–H groups in total. The summed E-state index contributed by atoms with van der Waals surface area (Å²) in [5.41, 5.74) is 0. The Morgan fingerprint density at radius 2 is 2.35 bits per heavy atom. The van der Waals surface area contributed by atoms with Crippen molar-refractivity contribution < 1.29 is 14.6 Å². The molecule has 0 aliphatic carbocycles. The number of carboxylic acids is 1. The molecular weight excluding hydrogens is 284 g/mol. The first-order valence-electron chi connectivity index (χ1n) is 5.96. The number of ether oxygens (including phenoxy) is 1. The summed E-state index contributed by atoms with van der Waals surface area (Å²) in [6.07, 6.45) is -0.473. The number of aromatic nitrogens is 4. The third-order valence-electron chi connectivity index (χ3n) is 2.57. The summed E-state index contributed by atoms with van der Waals surface area (Å²) in [5.74, 6) is 0.152. The first kappa shape index (κ1) is 14.3. The van der Waals surface area contributed by atoms with Crippen LogP contribution in [-0.4, -0.2) is 31.3 Å². The number of tetrazole rings is 1. The molecule has 0 bridgehead atoms. The van der Waals surface area contributed by atoms with Gasteiger partial charge in [-0.25, -0.2) is 4.68 Å². The van der Waals surface area contributed by atoms with Crippen LogP contribution < -0.4 is 4.74 Å². The maximum atomic E-state index is 10.6. The largest absolute Gasteiger partial charge is 0.483 e. The molecule has 0 aliphatic rings. The first-order valence-corrected chi connectivity index (χ1v) is 6.34. The Morgan fingerprint density at radius 1 is 1.55 bits per heavy atom. The van der Waals surface area contributed by atoms with Crippen molar-refractivity contribution in [3.05, 3.63) is 35.1 Å². The molecule has 0 spiro atoms. The fraction of sp³-hybridized carbons (Fsp3) is 0.333. The zero-order valence-electron chi connectivity index (χ0n) is 10.7. The molecule has 1 unspecified atom stereocenters. The lowest BCUT2D eigenvalue weighted by molar-refractivity contribution is -0.137. The second kappa shape index (κ2) is 6.33. The second-order valence-corrected chi connectivity index (χ2v) is 4.56. The van der Waals surface area contributed by atoms with E-state index < -0.39 is 12.1 Å². The summed E-state index contributed by atoms with van der Waals surface area (Å²) in [4.78, 5) is 10.6. The minimum atomic E-state index is -0.908. The molecule has 0 aliphatic heterocycles. The average molecular weight is 297 g/mol. The topological polar surface area (TPSA) is 90.1 Å². The number of rotatable bonds is 6. The normalized spacial score (nSPS) is 12.1. The number of hydrogen-bond acceptors (Lipinski definition) is 5. The highest BCUT2D eigenvalue weighted by molar-refractivity contribution is 6.30. The third-order valence-corrected chi connectivity index (χ3v) is 2.80. The molecule has 106 valence electrons. The summed E-state index contributed by atoms with van der Waals surface area (Å²) in [6.45, 7) is 1.98. The molecule has 0 saturated heterocycles. The molecule has 2 aromatic rings. The molecule has 1 aromatic carbocycles. The van der Waals surface area contributed by atoms with Crippen LogP contribution in [0.2, 0.25) is 5.02 Å². The van der Waals surface area contributed by atoms with Gasteiger partial charge in [-0.3, -0.25) is 4.79 Å². The zero-order chi connectivity index (χ0) is 14.5. The van der Waals surface area contributed by atoms with Gasteiger partial charge in [0.15, 0.2) is 11.9 Å². The van der Waals surface area contributed by atoms with Crippen LogP contribution in [0.5, 0.6) is 5.75 Å². The maximum absolute atomic E-state index is 10.6. The molecule has 0 saturated carbocycles. The molecular formula is C12H13ClN4O3. The highest BCUT2D eigenvalue weighted by Gasteiger charge is 2.16. The van der Waals surface area contributed by atoms with Gasteiger partial charge in [-0.15, -0.1) is 5.10 Å². The molecule has 1 atom stereocenters. The number of carbonyl (C=O) groups is 1. The summed E-state index contributed by atoms with van der Waals surface area (Å²) < 4.78 is 7.11. The minimum absolute atomic E-state index is 0.0536. The van der Waals surface area contributed by atoms with Gasteiger partial charge in [0.05, 0.1) is 13.0 Å². The number of nitrogens with zero attached hydrogens (tertiary/aromatic N) is 4. The van der Waals surface area contributed by atoms with E-state index in [1.165, 1.54) is 4.68 Å². The summed E-state index contributed by atoms with van der Waals surface area (Å²) >= 11 is 5.88. The Hall–Kier alpha value is -2.15. The van der Waals surface area contributed by atoms with E-state index in [2.05, 4.69) is 15.5 Å². The van der Waals surface area contributed by atoms with Crippen molar-refractivity contribution in [2.75, 3.05) is 0 Å². The van der Waals surface area contributed by atoms with Gasteiger partial charge in [0, 0.05) is 5.02 Å². The predicted octanol–water partition coefficient (Wildman–Crippen LogP) is 1.94. The second-order valence-electron chi connectivity index (χ2n) is 4.12. The maximum Gasteiger partial charge on any atom is 0.305 e. The van der Waals surface area contributed by atoms with Crippen molar-refractivity contribution in [1.29, 1.82) is 0 Å². The lowest BCUT2D eigenvalue weighted by atomic mass is 10.3. The van der Waals surface area contributed by atoms with Crippen molar-refractivity contribution in [2.24, 2.45) is 0 Å². The van der Waals surface area contributed by atoms with Gasteiger partial charge in [0.25, 0.3) is 0 Å². The van der Waals surface area contributed by atoms with Crippen molar-refractivity contribution in [3.8, 4) is 5.75 Å². The molecule has 1 aromatic heterocycles. The Balaban J connectivity index is 2.07. The summed E-state index contributed by atoms with van der Waals surface area (Å²) in [6, 6.07) is 6.98. The van der Waals surface area contributed by atoms with Gasteiger partial charge in [0.1, 0.15) is 5.75 Å². The highest BCUT2D eigenvalue weighted by atomic mass is 35.5. The molecule has 7 nitrogen and oxygen atoms in total. The summed E-state index contributed by atoms with van der Waals surface area (Å²) in [7, 11) is 0. The van der Waals surface area contributed by atoms with E-state index in [9.17, 15) is 4.79 Å². The Morgan fingerprint density at radius 3 is 3.05 bits per heavy atom. The van der Waals surface area contributed by atoms with Crippen molar-refractivity contribution in [1.82, 2.24) is 20.2 Å². The van der Waals surface area contributed by atoms with Crippen LogP contribution in [0.25, 0.3) is 0 Å². The van der Waals surface area contributed by atoms with E-state index in [1.54, 1.807) is 31.2 Å². The van der Waals surface area contributed by atoms with E-state index in [0.717, 1.165) is 0 Å². The van der Waals surface area contributed by atoms with Crippen molar-refractivity contribution >= 4 is 17.6 Å². The van der Waals surface area contributed by atoms with Crippen molar-refractivity contribution in [3.63, 3.8) is 0 Å². The van der Waals surface area contributed by atoms with Gasteiger partial charge in [-0.1, -0.05) is 17.7 Å². The van der Waals surface area contributed by atoms with E-state index in [-0.39, 0.29) is 13.0 Å². The van der Waals surface area contributed by atoms with E-state index in [1.807, 2.05) is 0 Å². The highest BCUT2D eigenvalue weighted by Crippen LogP contribution is 2.22. The molecule has 0 amide bonds. The van der Waals surface area contributed by atoms with Gasteiger partial charge in [0.2, 0.25) is 0 Å². The number of halogens is 1. The molecule has 2 rings (SSSR count). The van der Waals surface area contributed by atoms with Gasteiger partial charge >= 0.3 is 5.97 Å². The van der Waals surface area contributed by atoms with Crippen LogP contribution in [0.3, 0.4) is 0 Å². The van der Waals surface area contributed by atoms with Gasteiger partial charge < -0.3 is 9.84 Å².